The van der Waals surface area contributed by atoms with E-state index in [2.05, 4.69) is 6.07 Å². The van der Waals surface area contributed by atoms with Crippen molar-refractivity contribution in [2.75, 3.05) is 12.0 Å². The van der Waals surface area contributed by atoms with Crippen LogP contribution in [-0.2, 0) is 0 Å². The summed E-state index contributed by atoms with van der Waals surface area (Å²) in [6, 6.07) is 18.8. The van der Waals surface area contributed by atoms with Gasteiger partial charge in [-0.25, -0.2) is 0 Å². The first-order valence-corrected chi connectivity index (χ1v) is 7.19. The second-order valence-electron chi connectivity index (χ2n) is 5.31. The van der Waals surface area contributed by atoms with Crippen LogP contribution in [0.3, 0.4) is 0 Å². The third-order valence-corrected chi connectivity index (χ3v) is 4.13. The van der Waals surface area contributed by atoms with Crippen LogP contribution in [-0.4, -0.2) is 13.0 Å². The highest BCUT2D eigenvalue weighted by molar-refractivity contribution is 6.28. The van der Waals surface area contributed by atoms with Gasteiger partial charge in [0.15, 0.2) is 0 Å². The molecule has 0 saturated heterocycles. The highest BCUT2D eigenvalue weighted by Crippen LogP contribution is 2.43. The molecule has 110 valence electrons. The van der Waals surface area contributed by atoms with Gasteiger partial charge in [0, 0.05) is 11.1 Å². The average molecular weight is 300 g/mol. The van der Waals surface area contributed by atoms with E-state index in [9.17, 15) is 10.1 Å². The van der Waals surface area contributed by atoms with E-state index in [-0.39, 0.29) is 5.91 Å². The smallest absolute Gasteiger partial charge is 0.264 e. The molecule has 4 heteroatoms. The standard InChI is InChI=1S/C19H12N2O2/c1-23-15-9-7-14(8-10-15)21-16-4-2-3-12-5-6-13(11-20)18(17(12)16)19(21)22/h2-10H,1H3. The summed E-state index contributed by atoms with van der Waals surface area (Å²) < 4.78 is 5.17. The van der Waals surface area contributed by atoms with Gasteiger partial charge in [-0.15, -0.1) is 0 Å². The van der Waals surface area contributed by atoms with Gasteiger partial charge in [0.2, 0.25) is 0 Å². The maximum atomic E-state index is 13.0. The lowest BCUT2D eigenvalue weighted by Gasteiger charge is -2.18. The summed E-state index contributed by atoms with van der Waals surface area (Å²) in [5, 5.41) is 11.1. The number of nitrogens with zero attached hydrogens (tertiary/aromatic N) is 2. The van der Waals surface area contributed by atoms with Crippen LogP contribution in [0.4, 0.5) is 11.4 Å². The van der Waals surface area contributed by atoms with Crippen LogP contribution in [0.1, 0.15) is 15.9 Å². The minimum Gasteiger partial charge on any atom is -0.497 e. The van der Waals surface area contributed by atoms with E-state index in [4.69, 9.17) is 4.74 Å². The minimum absolute atomic E-state index is 0.168. The summed E-state index contributed by atoms with van der Waals surface area (Å²) in [5.41, 5.74) is 2.45. The Kier molecular flexibility index (Phi) is 2.82. The van der Waals surface area contributed by atoms with Crippen LogP contribution in [0.5, 0.6) is 5.75 Å². The lowest BCUT2D eigenvalue weighted by atomic mass is 10.0. The zero-order chi connectivity index (χ0) is 16.0. The fourth-order valence-corrected chi connectivity index (χ4v) is 3.07. The number of hydrogen-bond donors (Lipinski definition) is 0. The van der Waals surface area contributed by atoms with E-state index in [0.717, 1.165) is 27.9 Å². The normalized spacial score (nSPS) is 12.5. The largest absolute Gasteiger partial charge is 0.497 e. The molecule has 0 aromatic heterocycles. The Balaban J connectivity index is 1.97. The number of rotatable bonds is 2. The van der Waals surface area contributed by atoms with Crippen molar-refractivity contribution < 1.29 is 9.53 Å². The number of benzene rings is 3. The molecule has 0 spiro atoms. The van der Waals surface area contributed by atoms with Gasteiger partial charge in [0.1, 0.15) is 5.75 Å². The van der Waals surface area contributed by atoms with Crippen molar-refractivity contribution in [2.45, 2.75) is 0 Å². The molecule has 3 aromatic rings. The Morgan fingerprint density at radius 3 is 2.52 bits per heavy atom. The summed E-state index contributed by atoms with van der Waals surface area (Å²) in [6.45, 7) is 0. The van der Waals surface area contributed by atoms with Gasteiger partial charge in [0.05, 0.1) is 30.0 Å². The lowest BCUT2D eigenvalue weighted by Crippen LogP contribution is -2.21. The number of amides is 1. The van der Waals surface area contributed by atoms with Crippen molar-refractivity contribution in [3.63, 3.8) is 0 Å². The van der Waals surface area contributed by atoms with Crippen molar-refractivity contribution in [2.24, 2.45) is 0 Å². The second kappa shape index (κ2) is 4.85. The molecular formula is C19H12N2O2. The highest BCUT2D eigenvalue weighted by atomic mass is 16.5. The number of anilines is 2. The highest BCUT2D eigenvalue weighted by Gasteiger charge is 2.33. The Hall–Kier alpha value is -3.32. The molecule has 1 heterocycles. The quantitative estimate of drug-likeness (QED) is 0.718. The van der Waals surface area contributed by atoms with Crippen LogP contribution < -0.4 is 9.64 Å². The summed E-state index contributed by atoms with van der Waals surface area (Å²) in [6.07, 6.45) is 0. The molecule has 1 aliphatic rings. The minimum atomic E-state index is -0.168. The predicted molar refractivity (Wildman–Crippen MR) is 88.1 cm³/mol. The van der Waals surface area contributed by atoms with E-state index in [1.807, 2.05) is 48.5 Å². The molecule has 0 atom stereocenters. The number of hydrogen-bond acceptors (Lipinski definition) is 3. The molecule has 4 nitrogen and oxygen atoms in total. The molecule has 1 aliphatic heterocycles. The summed E-state index contributed by atoms with van der Waals surface area (Å²) in [7, 11) is 1.60. The number of nitriles is 1. The molecule has 0 aliphatic carbocycles. The van der Waals surface area contributed by atoms with Crippen LogP contribution in [0, 0.1) is 11.3 Å². The zero-order valence-corrected chi connectivity index (χ0v) is 12.4. The molecule has 0 radical (unpaired) electrons. The van der Waals surface area contributed by atoms with E-state index in [1.165, 1.54) is 0 Å². The lowest BCUT2D eigenvalue weighted by molar-refractivity contribution is 0.100. The fourth-order valence-electron chi connectivity index (χ4n) is 3.07. The SMILES string of the molecule is COc1ccc(N2C(=O)c3c(C#N)ccc4cccc2c34)cc1. The van der Waals surface area contributed by atoms with Crippen LogP contribution in [0.15, 0.2) is 54.6 Å². The summed E-state index contributed by atoms with van der Waals surface area (Å²) in [4.78, 5) is 14.6. The number of carbonyl (C=O) groups excluding carboxylic acids is 1. The van der Waals surface area contributed by atoms with Gasteiger partial charge >= 0.3 is 0 Å². The first kappa shape index (κ1) is 13.4. The Labute approximate surface area is 133 Å². The Bertz CT molecular complexity index is 985. The van der Waals surface area contributed by atoms with E-state index < -0.39 is 0 Å². The number of ether oxygens (including phenoxy) is 1. The monoisotopic (exact) mass is 300 g/mol. The maximum absolute atomic E-state index is 13.0. The third kappa shape index (κ3) is 1.80. The van der Waals surface area contributed by atoms with E-state index in [1.54, 1.807) is 18.1 Å². The third-order valence-electron chi connectivity index (χ3n) is 4.13. The van der Waals surface area contributed by atoms with E-state index in [0.29, 0.717) is 11.1 Å². The van der Waals surface area contributed by atoms with Crippen molar-refractivity contribution in [3.8, 4) is 11.8 Å². The predicted octanol–water partition coefficient (Wildman–Crippen LogP) is 4.01. The molecule has 3 aromatic carbocycles. The van der Waals surface area contributed by atoms with Crippen LogP contribution in [0.2, 0.25) is 0 Å². The first-order chi connectivity index (χ1) is 11.2. The van der Waals surface area contributed by atoms with E-state index >= 15 is 0 Å². The molecule has 0 saturated carbocycles. The fraction of sp³-hybridized carbons (Fsp3) is 0.0526. The maximum Gasteiger partial charge on any atom is 0.264 e. The zero-order valence-electron chi connectivity index (χ0n) is 12.4. The van der Waals surface area contributed by atoms with Crippen molar-refractivity contribution in [3.05, 3.63) is 65.7 Å². The second-order valence-corrected chi connectivity index (χ2v) is 5.31. The van der Waals surface area contributed by atoms with Gasteiger partial charge < -0.3 is 4.74 Å². The van der Waals surface area contributed by atoms with Crippen molar-refractivity contribution in [1.29, 1.82) is 5.26 Å². The molecular weight excluding hydrogens is 288 g/mol. The Morgan fingerprint density at radius 1 is 1.04 bits per heavy atom. The number of carbonyl (C=O) groups is 1. The van der Waals surface area contributed by atoms with Crippen LogP contribution >= 0.6 is 0 Å². The van der Waals surface area contributed by atoms with Gasteiger partial charge in [-0.1, -0.05) is 18.2 Å². The van der Waals surface area contributed by atoms with Gasteiger partial charge in [0.25, 0.3) is 5.91 Å². The summed E-state index contributed by atoms with van der Waals surface area (Å²) >= 11 is 0. The number of methoxy groups -OCH3 is 1. The first-order valence-electron chi connectivity index (χ1n) is 7.19. The molecule has 23 heavy (non-hydrogen) atoms. The molecule has 0 N–H and O–H groups in total. The van der Waals surface area contributed by atoms with Gasteiger partial charge in [-0.3, -0.25) is 9.69 Å². The average Bonchev–Trinajstić information content (AvgIpc) is 2.90. The molecule has 4 rings (SSSR count). The molecule has 1 amide bonds. The van der Waals surface area contributed by atoms with Crippen molar-refractivity contribution in [1.82, 2.24) is 0 Å². The van der Waals surface area contributed by atoms with Gasteiger partial charge in [-0.2, -0.15) is 5.26 Å². The van der Waals surface area contributed by atoms with Crippen LogP contribution in [0.25, 0.3) is 10.8 Å². The van der Waals surface area contributed by atoms with Gasteiger partial charge in [-0.05, 0) is 41.8 Å². The van der Waals surface area contributed by atoms with Crippen molar-refractivity contribution >= 4 is 28.1 Å². The molecule has 0 fully saturated rings. The Morgan fingerprint density at radius 2 is 1.83 bits per heavy atom. The topological polar surface area (TPSA) is 53.3 Å². The molecule has 0 unspecified atom stereocenters. The summed E-state index contributed by atoms with van der Waals surface area (Å²) in [5.74, 6) is 0.562. The molecule has 0 bridgehead atoms.